The topological polar surface area (TPSA) is 8.17 Å². The molecule has 0 bridgehead atoms. The van der Waals surface area contributed by atoms with Crippen LogP contribution >= 0.6 is 22.7 Å². The van der Waals surface area contributed by atoms with Crippen molar-refractivity contribution in [3.05, 3.63) is 150 Å². The number of nitrogens with zero attached hydrogens (tertiary/aromatic N) is 2. The summed E-state index contributed by atoms with van der Waals surface area (Å²) in [5.41, 5.74) is 19.5. The zero-order valence-electron chi connectivity index (χ0n) is 38.6. The van der Waals surface area contributed by atoms with Gasteiger partial charge in [-0.25, -0.2) is 0 Å². The van der Waals surface area contributed by atoms with Crippen molar-refractivity contribution in [2.24, 2.45) is 0 Å². The molecule has 3 aromatic heterocycles. The molecule has 2 nitrogen and oxygen atoms in total. The Kier molecular flexibility index (Phi) is 8.83. The summed E-state index contributed by atoms with van der Waals surface area (Å²) in [7, 11) is 0. The lowest BCUT2D eigenvalue weighted by molar-refractivity contribution is 0.332. The maximum absolute atomic E-state index is 2.80. The van der Waals surface area contributed by atoms with Crippen molar-refractivity contribution in [2.75, 3.05) is 4.90 Å². The number of benzene rings is 7. The van der Waals surface area contributed by atoms with Gasteiger partial charge in [0.25, 0.3) is 0 Å². The highest BCUT2D eigenvalue weighted by atomic mass is 32.1. The molecule has 0 N–H and O–H groups in total. The Hall–Kier alpha value is -5.62. The van der Waals surface area contributed by atoms with Crippen molar-refractivity contribution in [1.82, 2.24) is 4.48 Å². The summed E-state index contributed by atoms with van der Waals surface area (Å²) < 4.78 is 8.35. The lowest BCUT2D eigenvalue weighted by Gasteiger charge is -2.42. The highest BCUT2D eigenvalue weighted by Crippen LogP contribution is 2.56. The molecule has 7 aromatic carbocycles. The number of aryl methyl sites for hydroxylation is 2. The van der Waals surface area contributed by atoms with E-state index in [1.807, 2.05) is 11.3 Å². The number of aromatic nitrogens is 1. The second kappa shape index (κ2) is 14.4. The van der Waals surface area contributed by atoms with E-state index in [0.717, 1.165) is 12.8 Å². The molecule has 65 heavy (non-hydrogen) atoms. The van der Waals surface area contributed by atoms with Crippen LogP contribution in [0.25, 0.3) is 74.3 Å². The first-order valence-electron chi connectivity index (χ1n) is 24.3. The summed E-state index contributed by atoms with van der Waals surface area (Å²) in [6.45, 7) is 14.6. The minimum Gasteiger partial charge on any atom is -0.375 e. The van der Waals surface area contributed by atoms with Crippen molar-refractivity contribution >= 4 is 109 Å². The van der Waals surface area contributed by atoms with Gasteiger partial charge in [-0.05, 0) is 137 Å². The molecule has 0 saturated carbocycles. The quantitative estimate of drug-likeness (QED) is 0.138. The van der Waals surface area contributed by atoms with Gasteiger partial charge in [0.15, 0.2) is 0 Å². The average Bonchev–Trinajstić information content (AvgIpc) is 4.00. The van der Waals surface area contributed by atoms with Gasteiger partial charge in [0.2, 0.25) is 0 Å². The van der Waals surface area contributed by atoms with E-state index in [-0.39, 0.29) is 17.7 Å². The van der Waals surface area contributed by atoms with Crippen molar-refractivity contribution < 1.29 is 0 Å². The van der Waals surface area contributed by atoms with Gasteiger partial charge in [0, 0.05) is 68.0 Å². The van der Waals surface area contributed by atoms with Gasteiger partial charge in [-0.2, -0.15) is 0 Å². The summed E-state index contributed by atoms with van der Waals surface area (Å²) in [6, 6.07) is 50.4. The van der Waals surface area contributed by atoms with E-state index in [9.17, 15) is 0 Å². The Morgan fingerprint density at radius 2 is 1.26 bits per heavy atom. The zero-order chi connectivity index (χ0) is 43.9. The van der Waals surface area contributed by atoms with Gasteiger partial charge in [-0.3, -0.25) is 0 Å². The molecule has 320 valence electrons. The largest absolute Gasteiger partial charge is 0.375 e. The van der Waals surface area contributed by atoms with E-state index in [4.69, 9.17) is 0 Å². The number of unbranched alkanes of at least 4 members (excludes halogenated alkanes) is 2. The number of rotatable bonds is 8. The predicted molar refractivity (Wildman–Crippen MR) is 286 cm³/mol. The fourth-order valence-electron chi connectivity index (χ4n) is 12.3. The minimum atomic E-state index is 0.00477. The molecule has 10 aromatic rings. The van der Waals surface area contributed by atoms with Crippen LogP contribution in [0.2, 0.25) is 0 Å². The molecule has 0 amide bonds. The molecule has 0 radical (unpaired) electrons. The summed E-state index contributed by atoms with van der Waals surface area (Å²) in [4.78, 5) is 2.80. The maximum atomic E-state index is 2.80. The fraction of sp³-hybridized carbons (Fsp3) is 0.267. The first-order valence-corrected chi connectivity index (χ1v) is 25.9. The Morgan fingerprint density at radius 3 is 2.05 bits per heavy atom. The Labute approximate surface area is 391 Å². The summed E-state index contributed by atoms with van der Waals surface area (Å²) in [6.07, 6.45) is 9.35. The molecule has 2 aliphatic heterocycles. The van der Waals surface area contributed by atoms with Gasteiger partial charge in [-0.1, -0.05) is 133 Å². The van der Waals surface area contributed by atoms with E-state index in [1.54, 1.807) is 0 Å². The third-order valence-electron chi connectivity index (χ3n) is 15.8. The molecule has 0 spiro atoms. The van der Waals surface area contributed by atoms with Crippen LogP contribution in [-0.2, 0) is 23.7 Å². The Morgan fingerprint density at radius 1 is 0.554 bits per heavy atom. The maximum Gasteiger partial charge on any atom is 0.343 e. The normalized spacial score (nSPS) is 15.7. The molecule has 0 atom stereocenters. The number of hydrogen-bond donors (Lipinski definition) is 0. The van der Waals surface area contributed by atoms with Gasteiger partial charge in [0.05, 0.1) is 17.1 Å². The van der Waals surface area contributed by atoms with Crippen LogP contribution < -0.4 is 15.1 Å². The number of hydrogen-bond acceptors (Lipinski definition) is 3. The monoisotopic (exact) mass is 878 g/mol. The molecule has 5 heteroatoms. The molecule has 0 saturated heterocycles. The molecule has 1 aliphatic carbocycles. The highest BCUT2D eigenvalue weighted by Gasteiger charge is 2.47. The van der Waals surface area contributed by atoms with Crippen molar-refractivity contribution in [2.45, 2.75) is 104 Å². The molecular weight excluding hydrogens is 824 g/mol. The fourth-order valence-corrected chi connectivity index (χ4v) is 14.7. The second-order valence-corrected chi connectivity index (χ2v) is 22.9. The minimum absolute atomic E-state index is 0.00477. The van der Waals surface area contributed by atoms with Gasteiger partial charge in [-0.15, -0.1) is 22.7 Å². The SMILES string of the molecule is CCCCc1ccc(N2c3c(sc4cc5c(cc34)C(C)(C)CCC5(C)C)B3c4c(cc5sc6ccccc6c5c42)-c2cccc4c5cc(CCCC)ccc5n3c24)c(-c2ccccc2)c1. The predicted octanol–water partition coefficient (Wildman–Crippen LogP) is 16.5. The smallest absolute Gasteiger partial charge is 0.343 e. The first kappa shape index (κ1) is 39.7. The van der Waals surface area contributed by atoms with Crippen LogP contribution in [0.4, 0.5) is 17.1 Å². The highest BCUT2D eigenvalue weighted by molar-refractivity contribution is 7.32. The lowest BCUT2D eigenvalue weighted by atomic mass is 9.48. The van der Waals surface area contributed by atoms with Crippen LogP contribution in [0.5, 0.6) is 0 Å². The van der Waals surface area contributed by atoms with E-state index in [1.165, 1.54) is 162 Å². The van der Waals surface area contributed by atoms with Gasteiger partial charge < -0.3 is 9.38 Å². The van der Waals surface area contributed by atoms with Crippen molar-refractivity contribution in [3.63, 3.8) is 0 Å². The van der Waals surface area contributed by atoms with Crippen LogP contribution in [-0.4, -0.2) is 11.3 Å². The Balaban J connectivity index is 1.23. The van der Waals surface area contributed by atoms with Crippen LogP contribution in [0, 0.1) is 0 Å². The summed E-state index contributed by atoms with van der Waals surface area (Å²) in [5.74, 6) is 0. The van der Waals surface area contributed by atoms with E-state index in [2.05, 4.69) is 190 Å². The van der Waals surface area contributed by atoms with Crippen LogP contribution in [0.1, 0.15) is 102 Å². The Bertz CT molecular complexity index is 3600. The average molecular weight is 879 g/mol. The molecular formula is C60H55BN2S2. The van der Waals surface area contributed by atoms with E-state index < -0.39 is 0 Å². The number of thiophene rings is 2. The lowest BCUT2D eigenvalue weighted by Crippen LogP contribution is -2.55. The number of fused-ring (bicyclic) bond motifs is 14. The molecule has 0 unspecified atom stereocenters. The van der Waals surface area contributed by atoms with Crippen molar-refractivity contribution in [3.8, 4) is 22.3 Å². The molecule has 3 aliphatic rings. The third-order valence-corrected chi connectivity index (χ3v) is 18.1. The summed E-state index contributed by atoms with van der Waals surface area (Å²) in [5, 5.41) is 6.87. The summed E-state index contributed by atoms with van der Waals surface area (Å²) >= 11 is 4.02. The van der Waals surface area contributed by atoms with Crippen LogP contribution in [0.15, 0.2) is 127 Å². The van der Waals surface area contributed by atoms with Gasteiger partial charge >= 0.3 is 6.85 Å². The number of anilines is 3. The number of para-hydroxylation sites is 1. The van der Waals surface area contributed by atoms with Crippen molar-refractivity contribution in [1.29, 1.82) is 0 Å². The standard InChI is InChI=1S/C60H55BN2S2/c1-7-9-17-36-25-27-48(42(31-36)38-19-12-11-13-20-38)62-56-45-33-46-47(60(5,6)30-29-59(46,3)4)35-51(45)65-58(56)61-54-44(34-52-53(57(54)62)41-21-14-15-24-50(41)64-52)40-23-16-22-39-43-32-37(18-10-8-2)26-28-49(43)63(61)55(39)40/h11-16,19-28,31-35H,7-10,17-18,29-30H2,1-6H3. The van der Waals surface area contributed by atoms with Crippen LogP contribution in [0.3, 0.4) is 0 Å². The second-order valence-electron chi connectivity index (χ2n) is 20.7. The first-order chi connectivity index (χ1) is 31.6. The van der Waals surface area contributed by atoms with Gasteiger partial charge in [0.1, 0.15) is 0 Å². The van der Waals surface area contributed by atoms with E-state index in [0.29, 0.717) is 0 Å². The molecule has 13 rings (SSSR count). The van der Waals surface area contributed by atoms with E-state index >= 15 is 0 Å². The molecule has 0 fully saturated rings. The molecule has 5 heterocycles. The third kappa shape index (κ3) is 5.70. The zero-order valence-corrected chi connectivity index (χ0v) is 40.2.